The van der Waals surface area contributed by atoms with Crippen LogP contribution < -0.4 is 4.90 Å². The quantitative estimate of drug-likeness (QED) is 0.480. The minimum Gasteiger partial charge on any atom is -0.363 e. The van der Waals surface area contributed by atoms with Crippen molar-refractivity contribution in [3.63, 3.8) is 0 Å². The molecule has 1 aromatic rings. The number of nitro groups is 1. The van der Waals surface area contributed by atoms with Gasteiger partial charge >= 0.3 is 0 Å². The average molecular weight is 281 g/mol. The molecule has 1 aliphatic heterocycles. The minimum absolute atomic E-state index is 0.0677. The van der Waals surface area contributed by atoms with Gasteiger partial charge in [0.2, 0.25) is 0 Å². The van der Waals surface area contributed by atoms with Crippen molar-refractivity contribution in [3.8, 4) is 6.07 Å². The molecule has 1 heterocycles. The van der Waals surface area contributed by atoms with Crippen LogP contribution in [-0.4, -0.2) is 42.5 Å². The Labute approximate surface area is 115 Å². The zero-order chi connectivity index (χ0) is 13.8. The first kappa shape index (κ1) is 13.6. The van der Waals surface area contributed by atoms with Gasteiger partial charge in [-0.05, 0) is 12.1 Å². The fourth-order valence-corrected chi connectivity index (χ4v) is 2.32. The maximum absolute atomic E-state index is 11.0. The molecule has 0 amide bonds. The molecule has 100 valence electrons. The van der Waals surface area contributed by atoms with Crippen LogP contribution >= 0.6 is 11.6 Å². The van der Waals surface area contributed by atoms with Gasteiger partial charge in [-0.15, -0.1) is 0 Å². The number of benzene rings is 1. The topological polar surface area (TPSA) is 73.4 Å². The highest BCUT2D eigenvalue weighted by molar-refractivity contribution is 6.31. The number of hydrogen-bond donors (Lipinski definition) is 0. The Morgan fingerprint density at radius 1 is 1.37 bits per heavy atom. The van der Waals surface area contributed by atoms with E-state index < -0.39 is 4.92 Å². The molecule has 1 aromatic carbocycles. The molecule has 1 fully saturated rings. The number of piperazine rings is 1. The number of rotatable bonds is 3. The first-order valence-corrected chi connectivity index (χ1v) is 6.28. The standard InChI is InChI=1S/C12H13ClN4O2/c13-10-1-2-11(17(18)19)12(9-10)16-7-5-15(4-3-14)6-8-16/h1-2,9H,4-8H2. The number of hydrogen-bond acceptors (Lipinski definition) is 5. The lowest BCUT2D eigenvalue weighted by Crippen LogP contribution is -2.46. The van der Waals surface area contributed by atoms with E-state index in [1.165, 1.54) is 12.1 Å². The van der Waals surface area contributed by atoms with Gasteiger partial charge in [0.05, 0.1) is 17.5 Å². The summed E-state index contributed by atoms with van der Waals surface area (Å²) in [4.78, 5) is 14.6. The zero-order valence-corrected chi connectivity index (χ0v) is 11.0. The number of nitrogens with zero attached hydrogens (tertiary/aromatic N) is 4. The molecule has 2 rings (SSSR count). The molecule has 1 saturated heterocycles. The third kappa shape index (κ3) is 3.13. The van der Waals surface area contributed by atoms with E-state index in [2.05, 4.69) is 6.07 Å². The molecule has 0 bridgehead atoms. The van der Waals surface area contributed by atoms with Crippen molar-refractivity contribution in [3.05, 3.63) is 33.3 Å². The van der Waals surface area contributed by atoms with E-state index in [0.29, 0.717) is 30.3 Å². The molecule has 1 aliphatic rings. The maximum atomic E-state index is 11.0. The Hall–Kier alpha value is -1.84. The number of anilines is 1. The third-order valence-electron chi connectivity index (χ3n) is 3.14. The summed E-state index contributed by atoms with van der Waals surface area (Å²) in [5, 5.41) is 20.2. The van der Waals surface area contributed by atoms with E-state index in [1.54, 1.807) is 6.07 Å². The Bertz CT molecular complexity index is 521. The van der Waals surface area contributed by atoms with E-state index >= 15 is 0 Å². The van der Waals surface area contributed by atoms with Gasteiger partial charge in [0.1, 0.15) is 5.69 Å². The lowest BCUT2D eigenvalue weighted by atomic mass is 10.2. The highest BCUT2D eigenvalue weighted by Gasteiger charge is 2.23. The van der Waals surface area contributed by atoms with Gasteiger partial charge < -0.3 is 4.90 Å². The predicted molar refractivity (Wildman–Crippen MR) is 72.4 cm³/mol. The maximum Gasteiger partial charge on any atom is 0.292 e. The molecule has 7 heteroatoms. The Balaban J connectivity index is 2.17. The van der Waals surface area contributed by atoms with Crippen molar-refractivity contribution in [1.29, 1.82) is 5.26 Å². The van der Waals surface area contributed by atoms with Gasteiger partial charge in [0.25, 0.3) is 5.69 Å². The zero-order valence-electron chi connectivity index (χ0n) is 10.3. The number of nitriles is 1. The van der Waals surface area contributed by atoms with Gasteiger partial charge in [0.15, 0.2) is 0 Å². The molecule has 0 atom stereocenters. The summed E-state index contributed by atoms with van der Waals surface area (Å²) in [5.74, 6) is 0. The van der Waals surface area contributed by atoms with Gasteiger partial charge in [-0.1, -0.05) is 11.6 Å². The van der Waals surface area contributed by atoms with E-state index in [-0.39, 0.29) is 5.69 Å². The fraction of sp³-hybridized carbons (Fsp3) is 0.417. The summed E-state index contributed by atoms with van der Waals surface area (Å²) in [5.41, 5.74) is 0.618. The van der Waals surface area contributed by atoms with Crippen molar-refractivity contribution in [2.75, 3.05) is 37.6 Å². The molecule has 19 heavy (non-hydrogen) atoms. The van der Waals surface area contributed by atoms with Crippen molar-refractivity contribution < 1.29 is 4.92 Å². The minimum atomic E-state index is -0.396. The first-order valence-electron chi connectivity index (χ1n) is 5.90. The van der Waals surface area contributed by atoms with Crippen molar-refractivity contribution in [1.82, 2.24) is 4.90 Å². The summed E-state index contributed by atoms with van der Waals surface area (Å²) in [7, 11) is 0. The summed E-state index contributed by atoms with van der Waals surface area (Å²) in [6, 6.07) is 6.69. The fourth-order valence-electron chi connectivity index (χ4n) is 2.15. The second-order valence-corrected chi connectivity index (χ2v) is 4.75. The molecular weight excluding hydrogens is 268 g/mol. The highest BCUT2D eigenvalue weighted by Crippen LogP contribution is 2.31. The van der Waals surface area contributed by atoms with Crippen LogP contribution in [0.1, 0.15) is 0 Å². The Kier molecular flexibility index (Phi) is 4.20. The number of nitro benzene ring substituents is 1. The largest absolute Gasteiger partial charge is 0.363 e. The van der Waals surface area contributed by atoms with Gasteiger partial charge in [-0.25, -0.2) is 0 Å². The van der Waals surface area contributed by atoms with Gasteiger partial charge in [0, 0.05) is 37.3 Å². The molecule has 0 unspecified atom stereocenters. The molecule has 0 N–H and O–H groups in total. The number of halogens is 1. The average Bonchev–Trinajstić information content (AvgIpc) is 2.39. The smallest absolute Gasteiger partial charge is 0.292 e. The van der Waals surface area contributed by atoms with E-state index in [4.69, 9.17) is 16.9 Å². The third-order valence-corrected chi connectivity index (χ3v) is 3.38. The van der Waals surface area contributed by atoms with Crippen LogP contribution in [0.15, 0.2) is 18.2 Å². The normalized spacial score (nSPS) is 16.1. The van der Waals surface area contributed by atoms with Crippen molar-refractivity contribution >= 4 is 23.0 Å². The van der Waals surface area contributed by atoms with E-state index in [9.17, 15) is 10.1 Å². The Morgan fingerprint density at radius 3 is 2.63 bits per heavy atom. The van der Waals surface area contributed by atoms with E-state index in [1.807, 2.05) is 9.80 Å². The van der Waals surface area contributed by atoms with Crippen LogP contribution in [0.5, 0.6) is 0 Å². The summed E-state index contributed by atoms with van der Waals surface area (Å²) < 4.78 is 0. The molecule has 0 aromatic heterocycles. The van der Waals surface area contributed by atoms with Crippen LogP contribution in [0, 0.1) is 21.4 Å². The summed E-state index contributed by atoms with van der Waals surface area (Å²) in [6.45, 7) is 3.14. The predicted octanol–water partition coefficient (Wildman–Crippen LogP) is 1.89. The van der Waals surface area contributed by atoms with Crippen molar-refractivity contribution in [2.45, 2.75) is 0 Å². The SMILES string of the molecule is N#CCN1CCN(c2cc(Cl)ccc2[N+](=O)[O-])CC1. The second-order valence-electron chi connectivity index (χ2n) is 4.31. The summed E-state index contributed by atoms with van der Waals surface area (Å²) >= 11 is 5.92. The van der Waals surface area contributed by atoms with Crippen LogP contribution in [0.25, 0.3) is 0 Å². The van der Waals surface area contributed by atoms with Crippen molar-refractivity contribution in [2.24, 2.45) is 0 Å². The molecular formula is C12H13ClN4O2. The Morgan fingerprint density at radius 2 is 2.05 bits per heavy atom. The van der Waals surface area contributed by atoms with Crippen LogP contribution in [-0.2, 0) is 0 Å². The molecule has 0 radical (unpaired) electrons. The lowest BCUT2D eigenvalue weighted by molar-refractivity contribution is -0.384. The van der Waals surface area contributed by atoms with Gasteiger partial charge in [-0.3, -0.25) is 15.0 Å². The van der Waals surface area contributed by atoms with Gasteiger partial charge in [-0.2, -0.15) is 5.26 Å². The molecule has 6 nitrogen and oxygen atoms in total. The van der Waals surface area contributed by atoms with Crippen LogP contribution in [0.3, 0.4) is 0 Å². The lowest BCUT2D eigenvalue weighted by Gasteiger charge is -2.34. The van der Waals surface area contributed by atoms with E-state index in [0.717, 1.165) is 13.1 Å². The highest BCUT2D eigenvalue weighted by atomic mass is 35.5. The van der Waals surface area contributed by atoms with Crippen LogP contribution in [0.4, 0.5) is 11.4 Å². The monoisotopic (exact) mass is 280 g/mol. The van der Waals surface area contributed by atoms with Crippen LogP contribution in [0.2, 0.25) is 5.02 Å². The second kappa shape index (κ2) is 5.87. The summed E-state index contributed by atoms with van der Waals surface area (Å²) in [6.07, 6.45) is 0. The first-order chi connectivity index (χ1) is 9.11. The molecule has 0 spiro atoms. The molecule has 0 saturated carbocycles. The molecule has 0 aliphatic carbocycles.